The third-order valence-corrected chi connectivity index (χ3v) is 4.42. The number of hydrogen-bond acceptors (Lipinski definition) is 3. The first kappa shape index (κ1) is 18.6. The van der Waals surface area contributed by atoms with E-state index in [0.29, 0.717) is 0 Å². The second-order valence-electron chi connectivity index (χ2n) is 8.20. The molecule has 0 saturated carbocycles. The predicted molar refractivity (Wildman–Crippen MR) is 106 cm³/mol. The number of nitrogens with zero attached hydrogens (tertiary/aromatic N) is 1. The average Bonchev–Trinajstić information content (AvgIpc) is 2.44. The summed E-state index contributed by atoms with van der Waals surface area (Å²) in [7, 11) is 0. The Labute approximate surface area is 151 Å². The third-order valence-electron chi connectivity index (χ3n) is 4.05. The molecule has 0 saturated heterocycles. The van der Waals surface area contributed by atoms with Crippen LogP contribution in [0.25, 0.3) is 0 Å². The van der Waals surface area contributed by atoms with Crippen LogP contribution in [0.4, 0.5) is 5.69 Å². The van der Waals surface area contributed by atoms with Crippen molar-refractivity contribution in [3.63, 3.8) is 0 Å². The van der Waals surface area contributed by atoms with Gasteiger partial charge < -0.3 is 5.11 Å². The minimum Gasteiger partial charge on any atom is -0.507 e. The molecule has 1 N–H and O–H groups in total. The topological polar surface area (TPSA) is 32.6 Å². The number of para-hydroxylation sites is 1. The molecule has 128 valence electrons. The number of phenols is 1. The third kappa shape index (κ3) is 4.21. The summed E-state index contributed by atoms with van der Waals surface area (Å²) in [5.41, 5.74) is 3.65. The van der Waals surface area contributed by atoms with Crippen LogP contribution in [0.5, 0.6) is 5.75 Å². The number of rotatable bonds is 2. The van der Waals surface area contributed by atoms with Gasteiger partial charge in [-0.05, 0) is 40.2 Å². The van der Waals surface area contributed by atoms with Crippen molar-refractivity contribution in [1.29, 1.82) is 0 Å². The van der Waals surface area contributed by atoms with Gasteiger partial charge in [0.15, 0.2) is 0 Å². The van der Waals surface area contributed by atoms with E-state index < -0.39 is 0 Å². The summed E-state index contributed by atoms with van der Waals surface area (Å²) in [6.45, 7) is 12.9. The van der Waals surface area contributed by atoms with Crippen LogP contribution >= 0.6 is 12.6 Å². The number of phenolic OH excluding ortho intramolecular Hbond substituents is 1. The fourth-order valence-electron chi connectivity index (χ4n) is 2.53. The SMILES string of the molecule is CC(C)(C)c1cc(O)c(C=Nc2ccccc2S)c(C(C)(C)C)c1. The van der Waals surface area contributed by atoms with Crippen molar-refractivity contribution in [2.24, 2.45) is 4.99 Å². The zero-order chi connectivity index (χ0) is 18.1. The van der Waals surface area contributed by atoms with Crippen LogP contribution in [0, 0.1) is 0 Å². The number of aromatic hydroxyl groups is 1. The van der Waals surface area contributed by atoms with Gasteiger partial charge in [-0.25, -0.2) is 0 Å². The number of benzene rings is 2. The molecule has 0 radical (unpaired) electrons. The van der Waals surface area contributed by atoms with Crippen molar-refractivity contribution >= 4 is 24.5 Å². The highest BCUT2D eigenvalue weighted by Gasteiger charge is 2.24. The lowest BCUT2D eigenvalue weighted by Crippen LogP contribution is -2.18. The maximum Gasteiger partial charge on any atom is 0.124 e. The van der Waals surface area contributed by atoms with Crippen LogP contribution < -0.4 is 0 Å². The molecule has 2 aromatic carbocycles. The first-order chi connectivity index (χ1) is 11.0. The molecule has 0 aliphatic heterocycles. The van der Waals surface area contributed by atoms with E-state index in [1.165, 1.54) is 0 Å². The molecule has 0 bridgehead atoms. The van der Waals surface area contributed by atoms with Crippen LogP contribution in [0.3, 0.4) is 0 Å². The number of hydrogen-bond donors (Lipinski definition) is 2. The maximum absolute atomic E-state index is 10.6. The molecule has 0 amide bonds. The minimum absolute atomic E-state index is 0.0230. The van der Waals surface area contributed by atoms with Crippen LogP contribution in [0.1, 0.15) is 58.2 Å². The van der Waals surface area contributed by atoms with Crippen LogP contribution in [0.2, 0.25) is 0 Å². The lowest BCUT2D eigenvalue weighted by molar-refractivity contribution is 0.464. The summed E-state index contributed by atoms with van der Waals surface area (Å²) < 4.78 is 0. The Balaban J connectivity index is 2.59. The quantitative estimate of drug-likeness (QED) is 0.507. The Morgan fingerprint density at radius 2 is 1.58 bits per heavy atom. The zero-order valence-corrected chi connectivity index (χ0v) is 16.3. The Kier molecular flexibility index (Phi) is 5.14. The second-order valence-corrected chi connectivity index (χ2v) is 8.69. The van der Waals surface area contributed by atoms with E-state index in [9.17, 15) is 5.11 Å². The molecule has 0 aliphatic carbocycles. The van der Waals surface area contributed by atoms with Crippen molar-refractivity contribution in [3.8, 4) is 5.75 Å². The zero-order valence-electron chi connectivity index (χ0n) is 15.4. The van der Waals surface area contributed by atoms with E-state index in [4.69, 9.17) is 0 Å². The lowest BCUT2D eigenvalue weighted by atomic mass is 9.78. The minimum atomic E-state index is -0.0967. The average molecular weight is 342 g/mol. The molecular formula is C21H27NOS. The Bertz CT molecular complexity index is 764. The smallest absolute Gasteiger partial charge is 0.124 e. The summed E-state index contributed by atoms with van der Waals surface area (Å²) >= 11 is 4.43. The lowest BCUT2D eigenvalue weighted by Gasteiger charge is -2.27. The highest BCUT2D eigenvalue weighted by Crippen LogP contribution is 2.36. The molecule has 0 aromatic heterocycles. The molecule has 24 heavy (non-hydrogen) atoms. The van der Waals surface area contributed by atoms with Crippen LogP contribution in [-0.4, -0.2) is 11.3 Å². The van der Waals surface area contributed by atoms with E-state index in [1.54, 1.807) is 6.21 Å². The van der Waals surface area contributed by atoms with E-state index in [1.807, 2.05) is 30.3 Å². The molecule has 3 heteroatoms. The van der Waals surface area contributed by atoms with Crippen molar-refractivity contribution in [2.75, 3.05) is 0 Å². The van der Waals surface area contributed by atoms with Crippen LogP contribution in [-0.2, 0) is 10.8 Å². The van der Waals surface area contributed by atoms with E-state index in [0.717, 1.165) is 27.3 Å². The fourth-order valence-corrected chi connectivity index (χ4v) is 2.75. The standard InChI is InChI=1S/C21H27NOS/c1-20(2,3)14-11-16(21(4,5)6)15(18(23)12-14)13-22-17-9-7-8-10-19(17)24/h7-13,23-24H,1-6H3. The summed E-state index contributed by atoms with van der Waals surface area (Å²) in [4.78, 5) is 5.36. The normalized spacial score (nSPS) is 12.8. The van der Waals surface area contributed by atoms with Gasteiger partial charge in [0.1, 0.15) is 5.75 Å². The highest BCUT2D eigenvalue weighted by atomic mass is 32.1. The van der Waals surface area contributed by atoms with Crippen molar-refractivity contribution < 1.29 is 5.11 Å². The summed E-state index contributed by atoms with van der Waals surface area (Å²) in [6.07, 6.45) is 1.75. The molecule has 0 spiro atoms. The van der Waals surface area contributed by atoms with E-state index in [2.05, 4.69) is 65.2 Å². The molecule has 2 aromatic rings. The van der Waals surface area contributed by atoms with Gasteiger partial charge in [-0.1, -0.05) is 59.7 Å². The molecule has 0 atom stereocenters. The first-order valence-corrected chi connectivity index (χ1v) is 8.65. The molecule has 2 nitrogen and oxygen atoms in total. The fraction of sp³-hybridized carbons (Fsp3) is 0.381. The molecule has 0 heterocycles. The molecule has 0 fully saturated rings. The Hall–Kier alpha value is -1.74. The van der Waals surface area contributed by atoms with Gasteiger partial charge in [0.2, 0.25) is 0 Å². The summed E-state index contributed by atoms with van der Waals surface area (Å²) in [5.74, 6) is 0.271. The number of thiol groups is 1. The predicted octanol–water partition coefficient (Wildman–Crippen LogP) is 6.03. The van der Waals surface area contributed by atoms with E-state index >= 15 is 0 Å². The number of aliphatic imine (C=N–C) groups is 1. The van der Waals surface area contributed by atoms with Gasteiger partial charge >= 0.3 is 0 Å². The van der Waals surface area contributed by atoms with Gasteiger partial charge in [-0.3, -0.25) is 4.99 Å². The molecule has 0 unspecified atom stereocenters. The van der Waals surface area contributed by atoms with Gasteiger partial charge in [0.05, 0.1) is 5.69 Å². The molecule has 0 aliphatic rings. The monoisotopic (exact) mass is 341 g/mol. The first-order valence-electron chi connectivity index (χ1n) is 8.20. The molecular weight excluding hydrogens is 314 g/mol. The van der Waals surface area contributed by atoms with Gasteiger partial charge in [0.25, 0.3) is 0 Å². The summed E-state index contributed by atoms with van der Waals surface area (Å²) in [6, 6.07) is 11.7. The maximum atomic E-state index is 10.6. The highest BCUT2D eigenvalue weighted by molar-refractivity contribution is 7.80. The van der Waals surface area contributed by atoms with Gasteiger partial charge in [-0.15, -0.1) is 12.6 Å². The molecule has 2 rings (SSSR count). The van der Waals surface area contributed by atoms with Gasteiger partial charge in [-0.2, -0.15) is 0 Å². The van der Waals surface area contributed by atoms with Crippen LogP contribution in [0.15, 0.2) is 46.3 Å². The van der Waals surface area contributed by atoms with Gasteiger partial charge in [0, 0.05) is 16.7 Å². The van der Waals surface area contributed by atoms with E-state index in [-0.39, 0.29) is 16.6 Å². The summed E-state index contributed by atoms with van der Waals surface area (Å²) in [5, 5.41) is 10.6. The largest absolute Gasteiger partial charge is 0.507 e. The Morgan fingerprint density at radius 3 is 2.12 bits per heavy atom. The van der Waals surface area contributed by atoms with Crippen molar-refractivity contribution in [3.05, 3.63) is 53.1 Å². The van der Waals surface area contributed by atoms with Crippen molar-refractivity contribution in [2.45, 2.75) is 57.3 Å². The second kappa shape index (κ2) is 6.64. The Morgan fingerprint density at radius 1 is 0.958 bits per heavy atom. The van der Waals surface area contributed by atoms with Crippen molar-refractivity contribution in [1.82, 2.24) is 0 Å².